The van der Waals surface area contributed by atoms with Crippen molar-refractivity contribution in [2.24, 2.45) is 0 Å². The van der Waals surface area contributed by atoms with Gasteiger partial charge in [-0.25, -0.2) is 8.42 Å². The van der Waals surface area contributed by atoms with Crippen LogP contribution in [0.25, 0.3) is 0 Å². The van der Waals surface area contributed by atoms with Crippen molar-refractivity contribution in [3.8, 4) is 0 Å². The van der Waals surface area contributed by atoms with Crippen LogP contribution in [-0.2, 0) is 24.3 Å². The van der Waals surface area contributed by atoms with Crippen molar-refractivity contribution in [1.29, 1.82) is 0 Å². The van der Waals surface area contributed by atoms with Crippen molar-refractivity contribution in [1.82, 2.24) is 10.0 Å². The van der Waals surface area contributed by atoms with Gasteiger partial charge in [-0.15, -0.1) is 0 Å². The van der Waals surface area contributed by atoms with Gasteiger partial charge in [-0.1, -0.05) is 60.5 Å². The standard InChI is InChI=1S/C20H22Cl2N2O5S/c1-13(15-6-4-3-5-7-15)11-23-19(25)12-29-20(26)14(2)24-30(27,28)16-8-9-17(21)18(22)10-16/h3-10,13-14,24H,11-12H2,1-2H3,(H,23,25)/t13?,14-/m0/s1. The molecule has 0 spiro atoms. The first kappa shape index (κ1) is 24.1. The van der Waals surface area contributed by atoms with Crippen LogP contribution in [0.15, 0.2) is 53.4 Å². The molecule has 0 fully saturated rings. The van der Waals surface area contributed by atoms with Crippen LogP contribution in [-0.4, -0.2) is 39.5 Å². The number of esters is 1. The zero-order valence-electron chi connectivity index (χ0n) is 16.4. The van der Waals surface area contributed by atoms with E-state index in [2.05, 4.69) is 10.0 Å². The molecule has 0 aliphatic rings. The molecule has 2 atom stereocenters. The number of carbonyl (C=O) groups excluding carboxylic acids is 2. The van der Waals surface area contributed by atoms with Crippen LogP contribution < -0.4 is 10.0 Å². The van der Waals surface area contributed by atoms with Gasteiger partial charge < -0.3 is 10.1 Å². The summed E-state index contributed by atoms with van der Waals surface area (Å²) in [6.07, 6.45) is 0. The number of ether oxygens (including phenoxy) is 1. The molecule has 2 aromatic rings. The molecule has 2 N–H and O–H groups in total. The normalized spacial score (nSPS) is 13.3. The van der Waals surface area contributed by atoms with Gasteiger partial charge in [0.15, 0.2) is 6.61 Å². The highest BCUT2D eigenvalue weighted by molar-refractivity contribution is 7.89. The summed E-state index contributed by atoms with van der Waals surface area (Å²) in [5, 5.41) is 2.95. The van der Waals surface area contributed by atoms with Gasteiger partial charge in [0.1, 0.15) is 6.04 Å². The van der Waals surface area contributed by atoms with Crippen LogP contribution in [0.2, 0.25) is 10.0 Å². The van der Waals surface area contributed by atoms with Gasteiger partial charge in [0, 0.05) is 6.54 Å². The molecule has 0 saturated carbocycles. The van der Waals surface area contributed by atoms with Crippen LogP contribution >= 0.6 is 23.2 Å². The van der Waals surface area contributed by atoms with Crippen molar-refractivity contribution < 1.29 is 22.7 Å². The van der Waals surface area contributed by atoms with E-state index in [9.17, 15) is 18.0 Å². The molecule has 0 heterocycles. The molecule has 0 bridgehead atoms. The Hall–Kier alpha value is -2.13. The first-order valence-electron chi connectivity index (χ1n) is 9.06. The molecule has 0 aliphatic heterocycles. The van der Waals surface area contributed by atoms with E-state index in [0.29, 0.717) is 6.54 Å². The maximum atomic E-state index is 12.4. The van der Waals surface area contributed by atoms with Crippen LogP contribution in [0.4, 0.5) is 0 Å². The minimum atomic E-state index is -4.03. The largest absolute Gasteiger partial charge is 0.454 e. The highest BCUT2D eigenvalue weighted by atomic mass is 35.5. The average molecular weight is 473 g/mol. The maximum absolute atomic E-state index is 12.4. The molecule has 2 rings (SSSR count). The lowest BCUT2D eigenvalue weighted by molar-refractivity contribution is -0.149. The van der Waals surface area contributed by atoms with Crippen molar-refractivity contribution in [2.75, 3.05) is 13.2 Å². The minimum Gasteiger partial charge on any atom is -0.454 e. The summed E-state index contributed by atoms with van der Waals surface area (Å²) in [4.78, 5) is 23.8. The third kappa shape index (κ3) is 6.98. The lowest BCUT2D eigenvalue weighted by atomic mass is 10.0. The molecule has 0 aliphatic carbocycles. The van der Waals surface area contributed by atoms with Crippen molar-refractivity contribution in [3.05, 3.63) is 64.1 Å². The lowest BCUT2D eigenvalue weighted by Crippen LogP contribution is -2.41. The molecule has 2 aromatic carbocycles. The van der Waals surface area contributed by atoms with E-state index in [1.807, 2.05) is 37.3 Å². The molecule has 0 aromatic heterocycles. The molecular weight excluding hydrogens is 451 g/mol. The number of amides is 1. The van der Waals surface area contributed by atoms with Gasteiger partial charge in [0.05, 0.1) is 14.9 Å². The number of rotatable bonds is 9. The van der Waals surface area contributed by atoms with Gasteiger partial charge in [0.25, 0.3) is 5.91 Å². The zero-order chi connectivity index (χ0) is 22.3. The molecule has 162 valence electrons. The Labute approximate surface area is 185 Å². The summed E-state index contributed by atoms with van der Waals surface area (Å²) >= 11 is 11.6. The Morgan fingerprint density at radius 2 is 1.70 bits per heavy atom. The Morgan fingerprint density at radius 3 is 2.33 bits per heavy atom. The third-order valence-corrected chi connectivity index (χ3v) is 6.48. The SMILES string of the molecule is CC(CNC(=O)COC(=O)[C@H](C)NS(=O)(=O)c1ccc(Cl)c(Cl)c1)c1ccccc1. The predicted octanol–water partition coefficient (Wildman–Crippen LogP) is 3.12. The Morgan fingerprint density at radius 1 is 1.03 bits per heavy atom. The molecule has 0 saturated heterocycles. The zero-order valence-corrected chi connectivity index (χ0v) is 18.7. The second-order valence-corrected chi connectivity index (χ2v) is 9.17. The first-order valence-corrected chi connectivity index (χ1v) is 11.3. The van der Waals surface area contributed by atoms with E-state index in [1.54, 1.807) is 0 Å². The van der Waals surface area contributed by atoms with Gasteiger partial charge in [-0.3, -0.25) is 9.59 Å². The predicted molar refractivity (Wildman–Crippen MR) is 115 cm³/mol. The van der Waals surface area contributed by atoms with E-state index >= 15 is 0 Å². The van der Waals surface area contributed by atoms with Gasteiger partial charge in [-0.05, 0) is 36.6 Å². The fourth-order valence-corrected chi connectivity index (χ4v) is 4.05. The fraction of sp³-hybridized carbons (Fsp3) is 0.300. The number of halogens is 2. The van der Waals surface area contributed by atoms with Crippen molar-refractivity contribution in [2.45, 2.75) is 30.7 Å². The Bertz CT molecular complexity index is 1000. The highest BCUT2D eigenvalue weighted by Gasteiger charge is 2.24. The van der Waals surface area contributed by atoms with Gasteiger partial charge in [0.2, 0.25) is 10.0 Å². The van der Waals surface area contributed by atoms with E-state index in [-0.39, 0.29) is 20.9 Å². The maximum Gasteiger partial charge on any atom is 0.324 e. The summed E-state index contributed by atoms with van der Waals surface area (Å²) in [7, 11) is -4.03. The summed E-state index contributed by atoms with van der Waals surface area (Å²) in [6.45, 7) is 3.13. The summed E-state index contributed by atoms with van der Waals surface area (Å²) in [5.74, 6) is -1.28. The number of hydrogen-bond acceptors (Lipinski definition) is 5. The fourth-order valence-electron chi connectivity index (χ4n) is 2.47. The number of hydrogen-bond donors (Lipinski definition) is 2. The smallest absolute Gasteiger partial charge is 0.324 e. The molecule has 7 nitrogen and oxygen atoms in total. The summed E-state index contributed by atoms with van der Waals surface area (Å²) in [5.41, 5.74) is 1.07. The van der Waals surface area contributed by atoms with Crippen LogP contribution in [0.5, 0.6) is 0 Å². The molecule has 1 amide bonds. The molecule has 30 heavy (non-hydrogen) atoms. The number of carbonyl (C=O) groups is 2. The highest BCUT2D eigenvalue weighted by Crippen LogP contribution is 2.24. The second-order valence-electron chi connectivity index (χ2n) is 6.64. The topological polar surface area (TPSA) is 102 Å². The van der Waals surface area contributed by atoms with Gasteiger partial charge >= 0.3 is 5.97 Å². The van der Waals surface area contributed by atoms with Crippen LogP contribution in [0.3, 0.4) is 0 Å². The van der Waals surface area contributed by atoms with Gasteiger partial charge in [-0.2, -0.15) is 4.72 Å². The van der Waals surface area contributed by atoms with Crippen LogP contribution in [0, 0.1) is 0 Å². The summed E-state index contributed by atoms with van der Waals surface area (Å²) in [6, 6.07) is 12.2. The quantitative estimate of drug-likeness (QED) is 0.545. The van der Waals surface area contributed by atoms with E-state index in [1.165, 1.54) is 25.1 Å². The van der Waals surface area contributed by atoms with E-state index in [0.717, 1.165) is 5.56 Å². The average Bonchev–Trinajstić information content (AvgIpc) is 2.72. The number of benzene rings is 2. The van der Waals surface area contributed by atoms with E-state index in [4.69, 9.17) is 27.9 Å². The minimum absolute atomic E-state index is 0.0659. The molecule has 0 radical (unpaired) electrons. The molecule has 1 unspecified atom stereocenters. The van der Waals surface area contributed by atoms with Crippen LogP contribution in [0.1, 0.15) is 25.3 Å². The first-order chi connectivity index (χ1) is 14.1. The van der Waals surface area contributed by atoms with Crippen molar-refractivity contribution in [3.63, 3.8) is 0 Å². The number of nitrogens with one attached hydrogen (secondary N) is 2. The summed E-state index contributed by atoms with van der Waals surface area (Å²) < 4.78 is 31.8. The molecule has 10 heteroatoms. The molecular formula is C20H22Cl2N2O5S. The number of sulfonamides is 1. The third-order valence-electron chi connectivity index (χ3n) is 4.21. The second kappa shape index (κ2) is 10.8. The lowest BCUT2D eigenvalue weighted by Gasteiger charge is -2.15. The van der Waals surface area contributed by atoms with Crippen molar-refractivity contribution >= 4 is 45.1 Å². The Kier molecular flexibility index (Phi) is 8.66. The Balaban J connectivity index is 1.82. The van der Waals surface area contributed by atoms with E-state index < -0.39 is 34.5 Å². The monoisotopic (exact) mass is 472 g/mol.